The topological polar surface area (TPSA) is 100 Å². The van der Waals surface area contributed by atoms with Crippen molar-refractivity contribution in [2.24, 2.45) is 5.73 Å². The summed E-state index contributed by atoms with van der Waals surface area (Å²) < 4.78 is 19.1. The highest BCUT2D eigenvalue weighted by atomic mass is 19.1. The fourth-order valence-corrected chi connectivity index (χ4v) is 1.57. The molecule has 1 amide bonds. The molecule has 1 aromatic heterocycles. The highest BCUT2D eigenvalue weighted by Crippen LogP contribution is 2.11. The van der Waals surface area contributed by atoms with Gasteiger partial charge in [-0.2, -0.15) is 0 Å². The molecule has 0 aliphatic carbocycles. The van der Waals surface area contributed by atoms with Gasteiger partial charge in [0.2, 0.25) is 0 Å². The third-order valence-electron chi connectivity index (χ3n) is 2.71. The van der Waals surface area contributed by atoms with E-state index in [1.54, 1.807) is 6.92 Å². The first-order valence-electron chi connectivity index (χ1n) is 6.08. The zero-order valence-electron chi connectivity index (χ0n) is 11.4. The minimum Gasteiger partial charge on any atom is -0.447 e. The Morgan fingerprint density at radius 3 is 2.52 bits per heavy atom. The fraction of sp³-hybridized carbons (Fsp3) is 0.231. The van der Waals surface area contributed by atoms with Gasteiger partial charge in [0.25, 0.3) is 11.7 Å². The van der Waals surface area contributed by atoms with E-state index in [-0.39, 0.29) is 11.6 Å². The zero-order valence-corrected chi connectivity index (χ0v) is 11.4. The van der Waals surface area contributed by atoms with Crippen LogP contribution in [0.25, 0.3) is 5.69 Å². The van der Waals surface area contributed by atoms with E-state index in [0.29, 0.717) is 11.5 Å². The molecule has 7 nitrogen and oxygen atoms in total. The van der Waals surface area contributed by atoms with Crippen LogP contribution in [0, 0.1) is 12.7 Å². The predicted octanol–water partition coefficient (Wildman–Crippen LogP) is 0.745. The monoisotopic (exact) mass is 292 g/mol. The first-order chi connectivity index (χ1) is 9.88. The van der Waals surface area contributed by atoms with Crippen LogP contribution >= 0.6 is 0 Å². The van der Waals surface area contributed by atoms with Crippen molar-refractivity contribution < 1.29 is 18.7 Å². The van der Waals surface area contributed by atoms with E-state index in [9.17, 15) is 14.0 Å². The number of nitrogens with two attached hydrogens (primary N) is 1. The molecule has 2 N–H and O–H groups in total. The molecular formula is C13H13FN4O3. The number of primary amides is 1. The lowest BCUT2D eigenvalue weighted by atomic mass is 10.3. The van der Waals surface area contributed by atoms with Gasteiger partial charge in [-0.25, -0.2) is 18.9 Å². The Morgan fingerprint density at radius 1 is 1.33 bits per heavy atom. The van der Waals surface area contributed by atoms with Crippen molar-refractivity contribution in [1.29, 1.82) is 0 Å². The van der Waals surface area contributed by atoms with Crippen LogP contribution in [0.3, 0.4) is 0 Å². The average Bonchev–Trinajstić information content (AvgIpc) is 2.81. The first-order valence-corrected chi connectivity index (χ1v) is 6.08. The molecule has 0 aliphatic rings. The molecule has 0 spiro atoms. The molecule has 2 aromatic rings. The van der Waals surface area contributed by atoms with Crippen LogP contribution in [0.2, 0.25) is 0 Å². The maximum atomic E-state index is 12.9. The molecule has 21 heavy (non-hydrogen) atoms. The van der Waals surface area contributed by atoms with Crippen molar-refractivity contribution in [2.45, 2.75) is 20.0 Å². The number of rotatable bonds is 4. The Morgan fingerprint density at radius 2 is 1.95 bits per heavy atom. The number of amides is 1. The van der Waals surface area contributed by atoms with Gasteiger partial charge in [-0.3, -0.25) is 4.79 Å². The summed E-state index contributed by atoms with van der Waals surface area (Å²) in [6.07, 6.45) is -1.07. The summed E-state index contributed by atoms with van der Waals surface area (Å²) in [5.74, 6) is -1.79. The number of esters is 1. The van der Waals surface area contributed by atoms with E-state index in [4.69, 9.17) is 10.5 Å². The first kappa shape index (κ1) is 14.6. The van der Waals surface area contributed by atoms with Crippen LogP contribution in [-0.2, 0) is 9.53 Å². The molecule has 0 unspecified atom stereocenters. The highest BCUT2D eigenvalue weighted by molar-refractivity contribution is 5.88. The van der Waals surface area contributed by atoms with Gasteiger partial charge >= 0.3 is 5.97 Å². The lowest BCUT2D eigenvalue weighted by Crippen LogP contribution is -2.30. The standard InChI is InChI=1S/C13H13FN4O3/c1-7(11(15)19)21-13(20)12-16-8(2)18(17-12)10-5-3-9(14)4-6-10/h3-7H,1-2H3,(H2,15,19)/t7-/m1/s1. The Kier molecular flexibility index (Phi) is 3.97. The fourth-order valence-electron chi connectivity index (χ4n) is 1.57. The quantitative estimate of drug-likeness (QED) is 0.838. The second kappa shape index (κ2) is 5.70. The largest absolute Gasteiger partial charge is 0.447 e. The van der Waals surface area contributed by atoms with Crippen molar-refractivity contribution >= 4 is 11.9 Å². The molecular weight excluding hydrogens is 279 g/mol. The lowest BCUT2D eigenvalue weighted by Gasteiger charge is -2.06. The summed E-state index contributed by atoms with van der Waals surface area (Å²) in [4.78, 5) is 26.6. The number of hydrogen-bond acceptors (Lipinski definition) is 5. The Labute approximate surface area is 119 Å². The van der Waals surface area contributed by atoms with E-state index in [0.717, 1.165) is 0 Å². The second-order valence-corrected chi connectivity index (χ2v) is 4.32. The molecule has 0 bridgehead atoms. The molecule has 1 heterocycles. The van der Waals surface area contributed by atoms with Crippen LogP contribution in [-0.4, -0.2) is 32.7 Å². The molecule has 8 heteroatoms. The molecule has 0 radical (unpaired) electrons. The summed E-state index contributed by atoms with van der Waals surface area (Å²) in [7, 11) is 0. The molecule has 1 aromatic carbocycles. The third-order valence-corrected chi connectivity index (χ3v) is 2.71. The SMILES string of the molecule is Cc1nc(C(=O)O[C@H](C)C(N)=O)nn1-c1ccc(F)cc1. The number of nitrogens with zero attached hydrogens (tertiary/aromatic N) is 3. The zero-order chi connectivity index (χ0) is 15.6. The Balaban J connectivity index is 2.25. The van der Waals surface area contributed by atoms with E-state index < -0.39 is 18.0 Å². The van der Waals surface area contributed by atoms with Gasteiger partial charge in [0.05, 0.1) is 5.69 Å². The third kappa shape index (κ3) is 3.22. The second-order valence-electron chi connectivity index (χ2n) is 4.32. The van der Waals surface area contributed by atoms with E-state index >= 15 is 0 Å². The summed E-state index contributed by atoms with van der Waals surface area (Å²) in [5.41, 5.74) is 5.55. The number of aromatic nitrogens is 3. The smallest absolute Gasteiger partial charge is 0.379 e. The normalized spacial score (nSPS) is 12.0. The van der Waals surface area contributed by atoms with E-state index in [1.807, 2.05) is 0 Å². The van der Waals surface area contributed by atoms with Crippen LogP contribution in [0.5, 0.6) is 0 Å². The van der Waals surface area contributed by atoms with Crippen LogP contribution in [0.1, 0.15) is 23.4 Å². The number of aryl methyl sites for hydroxylation is 1. The van der Waals surface area contributed by atoms with E-state index in [2.05, 4.69) is 10.1 Å². The molecule has 0 fully saturated rings. The van der Waals surface area contributed by atoms with Gasteiger partial charge in [-0.05, 0) is 38.1 Å². The Bertz CT molecular complexity index is 681. The summed E-state index contributed by atoms with van der Waals surface area (Å²) in [5, 5.41) is 3.98. The van der Waals surface area contributed by atoms with Crippen molar-refractivity contribution in [1.82, 2.24) is 14.8 Å². The van der Waals surface area contributed by atoms with Gasteiger partial charge in [-0.1, -0.05) is 0 Å². The number of halogens is 1. The van der Waals surface area contributed by atoms with Gasteiger partial charge in [0, 0.05) is 0 Å². The summed E-state index contributed by atoms with van der Waals surface area (Å²) in [6.45, 7) is 2.98. The van der Waals surface area contributed by atoms with Crippen molar-refractivity contribution in [3.63, 3.8) is 0 Å². The van der Waals surface area contributed by atoms with Crippen LogP contribution in [0.4, 0.5) is 4.39 Å². The minimum absolute atomic E-state index is 0.204. The van der Waals surface area contributed by atoms with Crippen molar-refractivity contribution in [3.8, 4) is 5.69 Å². The maximum absolute atomic E-state index is 12.9. The molecule has 1 atom stereocenters. The molecule has 0 saturated carbocycles. The molecule has 110 valence electrons. The number of hydrogen-bond donors (Lipinski definition) is 1. The Hall–Kier alpha value is -2.77. The van der Waals surface area contributed by atoms with Gasteiger partial charge < -0.3 is 10.5 Å². The van der Waals surface area contributed by atoms with E-state index in [1.165, 1.54) is 35.9 Å². The minimum atomic E-state index is -1.07. The summed E-state index contributed by atoms with van der Waals surface area (Å²) >= 11 is 0. The highest BCUT2D eigenvalue weighted by Gasteiger charge is 2.21. The molecule has 0 saturated heterocycles. The van der Waals surface area contributed by atoms with Gasteiger partial charge in [-0.15, -0.1) is 5.10 Å². The maximum Gasteiger partial charge on any atom is 0.379 e. The molecule has 0 aliphatic heterocycles. The summed E-state index contributed by atoms with van der Waals surface area (Å²) in [6, 6.07) is 5.53. The number of ether oxygens (including phenoxy) is 1. The van der Waals surface area contributed by atoms with Crippen molar-refractivity contribution in [3.05, 3.63) is 41.7 Å². The average molecular weight is 292 g/mol. The van der Waals surface area contributed by atoms with Gasteiger partial charge in [0.1, 0.15) is 11.6 Å². The predicted molar refractivity (Wildman–Crippen MR) is 70.1 cm³/mol. The number of carbonyl (C=O) groups is 2. The number of benzene rings is 1. The molecule has 2 rings (SSSR count). The van der Waals surface area contributed by atoms with Crippen molar-refractivity contribution in [2.75, 3.05) is 0 Å². The van der Waals surface area contributed by atoms with Gasteiger partial charge in [0.15, 0.2) is 6.10 Å². The van der Waals surface area contributed by atoms with Crippen LogP contribution in [0.15, 0.2) is 24.3 Å². The lowest BCUT2D eigenvalue weighted by molar-refractivity contribution is -0.125. The van der Waals surface area contributed by atoms with Crippen LogP contribution < -0.4 is 5.73 Å². The number of carbonyl (C=O) groups excluding carboxylic acids is 2.